The normalized spacial score (nSPS) is 11.0. The van der Waals surface area contributed by atoms with Crippen molar-refractivity contribution < 1.29 is 30.5 Å². The maximum atomic E-state index is 9.66. The topological polar surface area (TPSA) is 121 Å². The zero-order valence-electron chi connectivity index (χ0n) is 10.8. The fourth-order valence-corrected chi connectivity index (χ4v) is 1.81. The van der Waals surface area contributed by atoms with Gasteiger partial charge in [-0.25, -0.2) is 0 Å². The van der Waals surface area contributed by atoms with Gasteiger partial charge in [0.2, 0.25) is 0 Å². The van der Waals surface area contributed by atoms with E-state index in [0.717, 1.165) is 6.07 Å². The third-order valence-electron chi connectivity index (χ3n) is 2.94. The number of rotatable bonds is 3. The highest BCUT2D eigenvalue weighted by Gasteiger charge is 2.16. The lowest BCUT2D eigenvalue weighted by Gasteiger charge is -2.06. The van der Waals surface area contributed by atoms with E-state index in [2.05, 4.69) is 0 Å². The van der Waals surface area contributed by atoms with Crippen LogP contribution < -0.4 is 5.46 Å². The van der Waals surface area contributed by atoms with E-state index in [1.165, 1.54) is 36.4 Å². The van der Waals surface area contributed by atoms with Crippen molar-refractivity contribution in [3.05, 3.63) is 41.5 Å². The quantitative estimate of drug-likeness (QED) is 0.210. The van der Waals surface area contributed by atoms with Crippen molar-refractivity contribution in [1.82, 2.24) is 0 Å². The van der Waals surface area contributed by atoms with Crippen LogP contribution in [-0.4, -0.2) is 37.6 Å². The van der Waals surface area contributed by atoms with Crippen LogP contribution in [0.4, 0.5) is 0 Å². The number of phenolic OH excluding ortho intramolecular Hbond substituents is 4. The molecule has 0 heterocycles. The smallest absolute Gasteiger partial charge is 0.492 e. The molecule has 6 nitrogen and oxygen atoms in total. The first-order chi connectivity index (χ1) is 9.90. The van der Waals surface area contributed by atoms with Crippen molar-refractivity contribution in [2.75, 3.05) is 0 Å². The second-order valence-electron chi connectivity index (χ2n) is 4.39. The molecule has 0 aliphatic rings. The first-order valence-corrected chi connectivity index (χ1v) is 6.01. The summed E-state index contributed by atoms with van der Waals surface area (Å²) in [5, 5.41) is 56.3. The highest BCUT2D eigenvalue weighted by atomic mass is 16.4. The number of phenols is 4. The Labute approximate surface area is 120 Å². The molecule has 0 amide bonds. The van der Waals surface area contributed by atoms with E-state index < -0.39 is 12.9 Å². The van der Waals surface area contributed by atoms with E-state index in [4.69, 9.17) is 10.0 Å². The van der Waals surface area contributed by atoms with E-state index in [1.807, 2.05) is 0 Å². The molecule has 0 spiro atoms. The van der Waals surface area contributed by atoms with Gasteiger partial charge in [0.15, 0.2) is 11.5 Å². The van der Waals surface area contributed by atoms with Gasteiger partial charge < -0.3 is 30.5 Å². The molecule has 0 bridgehead atoms. The second kappa shape index (κ2) is 5.78. The summed E-state index contributed by atoms with van der Waals surface area (Å²) in [7, 11) is -1.82. The van der Waals surface area contributed by atoms with E-state index in [9.17, 15) is 20.4 Å². The van der Waals surface area contributed by atoms with Crippen molar-refractivity contribution in [1.29, 1.82) is 0 Å². The van der Waals surface area contributed by atoms with Gasteiger partial charge in [0.25, 0.3) is 0 Å². The van der Waals surface area contributed by atoms with Gasteiger partial charge in [-0.3, -0.25) is 0 Å². The Morgan fingerprint density at radius 3 is 2.05 bits per heavy atom. The van der Waals surface area contributed by atoms with Gasteiger partial charge in [0.1, 0.15) is 11.5 Å². The first-order valence-electron chi connectivity index (χ1n) is 6.01. The summed E-state index contributed by atoms with van der Waals surface area (Å²) in [5.41, 5.74) is 0.453. The SMILES string of the molecule is OB(O)c1cc(/C=C/c2c(O)ccc(O)c2O)ccc1O. The van der Waals surface area contributed by atoms with Crippen molar-refractivity contribution in [2.24, 2.45) is 0 Å². The van der Waals surface area contributed by atoms with Crippen LogP contribution in [0.5, 0.6) is 23.0 Å². The Balaban J connectivity index is 2.39. The van der Waals surface area contributed by atoms with Gasteiger partial charge in [-0.1, -0.05) is 18.2 Å². The van der Waals surface area contributed by atoms with Crippen LogP contribution in [0.3, 0.4) is 0 Å². The Bertz CT molecular complexity index is 696. The monoisotopic (exact) mass is 288 g/mol. The molecule has 0 unspecified atom stereocenters. The molecule has 0 radical (unpaired) electrons. The second-order valence-corrected chi connectivity index (χ2v) is 4.39. The highest BCUT2D eigenvalue weighted by molar-refractivity contribution is 6.59. The average Bonchev–Trinajstić information content (AvgIpc) is 2.44. The minimum atomic E-state index is -1.82. The summed E-state index contributed by atoms with van der Waals surface area (Å²) in [6.45, 7) is 0. The van der Waals surface area contributed by atoms with Crippen LogP contribution >= 0.6 is 0 Å². The van der Waals surface area contributed by atoms with E-state index in [-0.39, 0.29) is 28.3 Å². The molecule has 6 N–H and O–H groups in total. The molecule has 0 aromatic heterocycles. The first kappa shape index (κ1) is 14.8. The largest absolute Gasteiger partial charge is 0.508 e. The van der Waals surface area contributed by atoms with E-state index in [0.29, 0.717) is 5.56 Å². The van der Waals surface area contributed by atoms with Crippen molar-refractivity contribution in [3.63, 3.8) is 0 Å². The lowest BCUT2D eigenvalue weighted by atomic mass is 9.79. The van der Waals surface area contributed by atoms with Gasteiger partial charge >= 0.3 is 7.12 Å². The summed E-state index contributed by atoms with van der Waals surface area (Å²) >= 11 is 0. The van der Waals surface area contributed by atoms with Gasteiger partial charge in [-0.2, -0.15) is 0 Å². The third-order valence-corrected chi connectivity index (χ3v) is 2.94. The van der Waals surface area contributed by atoms with Gasteiger partial charge in [0.05, 0.1) is 5.56 Å². The molecule has 0 aliphatic carbocycles. The molecule has 2 aromatic rings. The predicted molar refractivity (Wildman–Crippen MR) is 78.3 cm³/mol. The predicted octanol–water partition coefficient (Wildman–Crippen LogP) is 0.359. The molecular weight excluding hydrogens is 275 g/mol. The van der Waals surface area contributed by atoms with Gasteiger partial charge in [0, 0.05) is 5.46 Å². The average molecular weight is 288 g/mol. The highest BCUT2D eigenvalue weighted by Crippen LogP contribution is 2.36. The molecule has 0 saturated carbocycles. The Hall–Kier alpha value is -2.64. The molecule has 0 saturated heterocycles. The zero-order valence-corrected chi connectivity index (χ0v) is 10.8. The molecule has 2 aromatic carbocycles. The van der Waals surface area contributed by atoms with Crippen LogP contribution in [-0.2, 0) is 0 Å². The minimum Gasteiger partial charge on any atom is -0.508 e. The number of benzene rings is 2. The Morgan fingerprint density at radius 2 is 1.38 bits per heavy atom. The molecule has 0 atom stereocenters. The Morgan fingerprint density at radius 1 is 0.762 bits per heavy atom. The molecule has 108 valence electrons. The summed E-state index contributed by atoms with van der Waals surface area (Å²) in [6, 6.07) is 6.52. The molecule has 21 heavy (non-hydrogen) atoms. The molecule has 7 heteroatoms. The molecular formula is C14H13BO6. The van der Waals surface area contributed by atoms with Crippen molar-refractivity contribution in [2.45, 2.75) is 0 Å². The number of aromatic hydroxyl groups is 4. The third kappa shape index (κ3) is 3.10. The molecule has 2 rings (SSSR count). The van der Waals surface area contributed by atoms with Crippen LogP contribution in [0.2, 0.25) is 0 Å². The Kier molecular flexibility index (Phi) is 4.06. The van der Waals surface area contributed by atoms with Crippen LogP contribution in [0.15, 0.2) is 30.3 Å². The molecule has 0 fully saturated rings. The molecule has 0 aliphatic heterocycles. The summed E-state index contributed by atoms with van der Waals surface area (Å²) in [5.74, 6) is -1.31. The van der Waals surface area contributed by atoms with Crippen molar-refractivity contribution >= 4 is 24.7 Å². The number of hydrogen-bond donors (Lipinski definition) is 6. The standard InChI is InChI=1S/C14H13BO6/c16-11-5-6-13(18)14(19)9(11)3-1-8-2-4-12(17)10(7-8)15(20)21/h1-7,16-21H/b3-1+. The fraction of sp³-hybridized carbons (Fsp3) is 0. The van der Waals surface area contributed by atoms with Crippen LogP contribution in [0, 0.1) is 0 Å². The van der Waals surface area contributed by atoms with Crippen LogP contribution in [0.1, 0.15) is 11.1 Å². The van der Waals surface area contributed by atoms with Gasteiger partial charge in [-0.05, 0) is 29.8 Å². The maximum absolute atomic E-state index is 9.66. The summed E-state index contributed by atoms with van der Waals surface area (Å²) in [4.78, 5) is 0. The summed E-state index contributed by atoms with van der Waals surface area (Å²) in [6.07, 6.45) is 2.82. The minimum absolute atomic E-state index is 0.0224. The number of hydrogen-bond acceptors (Lipinski definition) is 6. The van der Waals surface area contributed by atoms with Gasteiger partial charge in [-0.15, -0.1) is 0 Å². The zero-order chi connectivity index (χ0) is 15.6. The fourth-order valence-electron chi connectivity index (χ4n) is 1.81. The summed E-state index contributed by atoms with van der Waals surface area (Å²) < 4.78 is 0. The van der Waals surface area contributed by atoms with E-state index in [1.54, 1.807) is 0 Å². The lowest BCUT2D eigenvalue weighted by Crippen LogP contribution is -2.30. The lowest BCUT2D eigenvalue weighted by molar-refractivity contribution is 0.395. The van der Waals surface area contributed by atoms with E-state index >= 15 is 0 Å². The van der Waals surface area contributed by atoms with Crippen LogP contribution in [0.25, 0.3) is 12.2 Å². The van der Waals surface area contributed by atoms with Crippen molar-refractivity contribution in [3.8, 4) is 23.0 Å². The maximum Gasteiger partial charge on any atom is 0.492 e.